The van der Waals surface area contributed by atoms with Crippen LogP contribution in [0.1, 0.15) is 56.4 Å². The van der Waals surface area contributed by atoms with E-state index < -0.39 is 11.9 Å². The fourth-order valence-corrected chi connectivity index (χ4v) is 3.82. The third-order valence-corrected chi connectivity index (χ3v) is 5.46. The second kappa shape index (κ2) is 8.10. The number of imide groups is 1. The fraction of sp³-hybridized carbons (Fsp3) is 0.304. The van der Waals surface area contributed by atoms with E-state index in [-0.39, 0.29) is 35.1 Å². The molecule has 0 fully saturated rings. The maximum absolute atomic E-state index is 12.5. The van der Waals surface area contributed by atoms with E-state index >= 15 is 0 Å². The van der Waals surface area contributed by atoms with Crippen LogP contribution in [0, 0.1) is 0 Å². The van der Waals surface area contributed by atoms with Gasteiger partial charge in [-0.3, -0.25) is 19.3 Å². The van der Waals surface area contributed by atoms with Crippen LogP contribution in [0.4, 0.5) is 5.69 Å². The lowest BCUT2D eigenvalue weighted by Gasteiger charge is -2.17. The normalized spacial score (nSPS) is 14.7. The van der Waals surface area contributed by atoms with Crippen molar-refractivity contribution in [2.45, 2.75) is 26.2 Å². The van der Waals surface area contributed by atoms with Crippen molar-refractivity contribution in [2.24, 2.45) is 0 Å². The van der Waals surface area contributed by atoms with Gasteiger partial charge in [0.25, 0.3) is 17.7 Å². The number of unbranched alkanes of at least 4 members (excludes halogenated alkanes) is 1. The SMILES string of the molecule is CCCCN1C(=O)c2ccc(C(=O)OCC(=O)N3CCc4ccccc43)cc2C1=O. The molecule has 2 aliphatic rings. The number of nitrogens with zero attached hydrogens (tertiary/aromatic N) is 2. The van der Waals surface area contributed by atoms with E-state index in [9.17, 15) is 19.2 Å². The number of rotatable bonds is 6. The maximum atomic E-state index is 12.5. The molecule has 0 atom stereocenters. The van der Waals surface area contributed by atoms with Gasteiger partial charge in [0.05, 0.1) is 16.7 Å². The Morgan fingerprint density at radius 2 is 1.80 bits per heavy atom. The molecule has 7 nitrogen and oxygen atoms in total. The van der Waals surface area contributed by atoms with Gasteiger partial charge in [-0.05, 0) is 42.7 Å². The highest BCUT2D eigenvalue weighted by Crippen LogP contribution is 2.28. The van der Waals surface area contributed by atoms with Crippen molar-refractivity contribution in [3.8, 4) is 0 Å². The van der Waals surface area contributed by atoms with Gasteiger partial charge in [-0.25, -0.2) is 4.79 Å². The van der Waals surface area contributed by atoms with E-state index in [2.05, 4.69) is 0 Å². The van der Waals surface area contributed by atoms with Crippen molar-refractivity contribution >= 4 is 29.4 Å². The highest BCUT2D eigenvalue weighted by atomic mass is 16.5. The van der Waals surface area contributed by atoms with Crippen LogP contribution in [0.2, 0.25) is 0 Å². The minimum atomic E-state index is -0.703. The van der Waals surface area contributed by atoms with E-state index in [0.717, 1.165) is 30.5 Å². The molecule has 4 rings (SSSR count). The molecule has 7 heteroatoms. The summed E-state index contributed by atoms with van der Waals surface area (Å²) in [4.78, 5) is 52.7. The lowest BCUT2D eigenvalue weighted by molar-refractivity contribution is -0.121. The Morgan fingerprint density at radius 1 is 1.03 bits per heavy atom. The van der Waals surface area contributed by atoms with E-state index in [1.165, 1.54) is 23.1 Å². The minimum Gasteiger partial charge on any atom is -0.452 e. The van der Waals surface area contributed by atoms with Crippen molar-refractivity contribution < 1.29 is 23.9 Å². The molecular formula is C23H22N2O5. The molecule has 2 aromatic rings. The second-order valence-corrected chi connectivity index (χ2v) is 7.38. The number of fused-ring (bicyclic) bond motifs is 2. The van der Waals surface area contributed by atoms with Gasteiger partial charge in [-0.2, -0.15) is 0 Å². The Bertz CT molecular complexity index is 1050. The van der Waals surface area contributed by atoms with Gasteiger partial charge in [0.15, 0.2) is 6.61 Å². The van der Waals surface area contributed by atoms with Crippen LogP contribution in [0.15, 0.2) is 42.5 Å². The Balaban J connectivity index is 1.42. The number of carbonyl (C=O) groups is 4. The minimum absolute atomic E-state index is 0.141. The average Bonchev–Trinajstić information content (AvgIpc) is 3.30. The first kappa shape index (κ1) is 19.8. The van der Waals surface area contributed by atoms with Gasteiger partial charge in [0, 0.05) is 18.8 Å². The number of para-hydroxylation sites is 1. The first-order valence-corrected chi connectivity index (χ1v) is 10.1. The average molecular weight is 406 g/mol. The third kappa shape index (κ3) is 3.47. The molecule has 0 N–H and O–H groups in total. The number of carbonyl (C=O) groups excluding carboxylic acids is 4. The lowest BCUT2D eigenvalue weighted by atomic mass is 10.1. The monoisotopic (exact) mass is 406 g/mol. The van der Waals surface area contributed by atoms with Crippen LogP contribution in [0.25, 0.3) is 0 Å². The molecule has 0 unspecified atom stereocenters. The van der Waals surface area contributed by atoms with Crippen molar-refractivity contribution in [3.63, 3.8) is 0 Å². The zero-order valence-electron chi connectivity index (χ0n) is 16.7. The van der Waals surface area contributed by atoms with Gasteiger partial charge >= 0.3 is 5.97 Å². The summed E-state index contributed by atoms with van der Waals surface area (Å²) in [6.45, 7) is 2.50. The zero-order chi connectivity index (χ0) is 21.3. The standard InChI is InChI=1S/C23H22N2O5/c1-2-3-11-25-21(27)17-9-8-16(13-18(17)22(25)28)23(29)30-14-20(26)24-12-10-15-6-4-5-7-19(15)24/h4-9,13H,2-3,10-12,14H2,1H3. The molecule has 154 valence electrons. The predicted molar refractivity (Wildman–Crippen MR) is 109 cm³/mol. The number of hydrogen-bond acceptors (Lipinski definition) is 5. The van der Waals surface area contributed by atoms with Crippen LogP contribution in [0.5, 0.6) is 0 Å². The van der Waals surface area contributed by atoms with Crippen LogP contribution in [0.3, 0.4) is 0 Å². The first-order chi connectivity index (χ1) is 14.5. The number of amides is 3. The summed E-state index contributed by atoms with van der Waals surface area (Å²) in [6.07, 6.45) is 2.36. The summed E-state index contributed by atoms with van der Waals surface area (Å²) in [5, 5.41) is 0. The van der Waals surface area contributed by atoms with Crippen molar-refractivity contribution in [3.05, 3.63) is 64.7 Å². The van der Waals surface area contributed by atoms with Crippen molar-refractivity contribution in [1.29, 1.82) is 0 Å². The number of hydrogen-bond donors (Lipinski definition) is 0. The summed E-state index contributed by atoms with van der Waals surface area (Å²) in [5.74, 6) is -1.74. The van der Waals surface area contributed by atoms with Crippen LogP contribution < -0.4 is 4.90 Å². The van der Waals surface area contributed by atoms with Gasteiger partial charge in [0.1, 0.15) is 0 Å². The van der Waals surface area contributed by atoms with Crippen LogP contribution in [-0.4, -0.2) is 48.3 Å². The van der Waals surface area contributed by atoms with E-state index in [0.29, 0.717) is 13.1 Å². The Hall–Kier alpha value is -3.48. The molecule has 0 aliphatic carbocycles. The zero-order valence-corrected chi connectivity index (χ0v) is 16.7. The highest BCUT2D eigenvalue weighted by molar-refractivity contribution is 6.22. The highest BCUT2D eigenvalue weighted by Gasteiger charge is 2.35. The Kier molecular flexibility index (Phi) is 5.35. The summed E-state index contributed by atoms with van der Waals surface area (Å²) < 4.78 is 5.19. The summed E-state index contributed by atoms with van der Waals surface area (Å²) in [6, 6.07) is 11.9. The third-order valence-electron chi connectivity index (χ3n) is 5.46. The van der Waals surface area contributed by atoms with Gasteiger partial charge in [-0.15, -0.1) is 0 Å². The molecule has 2 aromatic carbocycles. The molecule has 30 heavy (non-hydrogen) atoms. The Labute approximate surface area is 174 Å². The molecule has 0 bridgehead atoms. The van der Waals surface area contributed by atoms with Crippen LogP contribution in [-0.2, 0) is 16.0 Å². The predicted octanol–water partition coefficient (Wildman–Crippen LogP) is 2.83. The first-order valence-electron chi connectivity index (χ1n) is 10.1. The molecule has 0 saturated heterocycles. The van der Waals surface area contributed by atoms with Gasteiger partial charge in [0.2, 0.25) is 0 Å². The largest absolute Gasteiger partial charge is 0.452 e. The van der Waals surface area contributed by atoms with E-state index in [1.54, 1.807) is 4.90 Å². The number of esters is 1. The lowest BCUT2D eigenvalue weighted by Crippen LogP contribution is -2.33. The topological polar surface area (TPSA) is 84.0 Å². The summed E-state index contributed by atoms with van der Waals surface area (Å²) >= 11 is 0. The molecular weight excluding hydrogens is 384 g/mol. The molecule has 0 aromatic heterocycles. The second-order valence-electron chi connectivity index (χ2n) is 7.38. The number of benzene rings is 2. The van der Waals surface area contributed by atoms with Crippen molar-refractivity contribution in [2.75, 3.05) is 24.6 Å². The van der Waals surface area contributed by atoms with Gasteiger partial charge < -0.3 is 9.64 Å². The molecule has 0 spiro atoms. The molecule has 3 amide bonds. The smallest absolute Gasteiger partial charge is 0.338 e. The van der Waals surface area contributed by atoms with E-state index in [1.807, 2.05) is 31.2 Å². The number of anilines is 1. The summed E-state index contributed by atoms with van der Waals surface area (Å²) in [5.41, 5.74) is 2.56. The Morgan fingerprint density at radius 3 is 2.60 bits per heavy atom. The molecule has 0 radical (unpaired) electrons. The molecule has 2 heterocycles. The van der Waals surface area contributed by atoms with Crippen LogP contribution >= 0.6 is 0 Å². The summed E-state index contributed by atoms with van der Waals surface area (Å²) in [7, 11) is 0. The molecule has 2 aliphatic heterocycles. The van der Waals surface area contributed by atoms with Gasteiger partial charge in [-0.1, -0.05) is 31.5 Å². The van der Waals surface area contributed by atoms with E-state index in [4.69, 9.17) is 4.74 Å². The quantitative estimate of drug-likeness (QED) is 0.544. The van der Waals surface area contributed by atoms with Crippen molar-refractivity contribution in [1.82, 2.24) is 4.90 Å². The maximum Gasteiger partial charge on any atom is 0.338 e. The fourth-order valence-electron chi connectivity index (χ4n) is 3.82. The molecule has 0 saturated carbocycles. The number of ether oxygens (including phenoxy) is 1.